The number of amides is 1. The number of allylic oxidation sites excluding steroid dienone is 1. The highest BCUT2D eigenvalue weighted by Gasteiger charge is 2.65. The van der Waals surface area contributed by atoms with Crippen molar-refractivity contribution in [2.24, 2.45) is 28.3 Å². The fourth-order valence-corrected chi connectivity index (χ4v) is 8.35. The van der Waals surface area contributed by atoms with Crippen molar-refractivity contribution in [2.45, 2.75) is 123 Å². The van der Waals surface area contributed by atoms with Gasteiger partial charge in [-0.15, -0.1) is 6.58 Å². The molecule has 2 aliphatic carbocycles. The maximum absolute atomic E-state index is 14.0. The summed E-state index contributed by atoms with van der Waals surface area (Å²) in [6, 6.07) is 11.2. The SMILES string of the molecule is C=CCOC12Oc3ccc(OCc4cccc(C)n4)cc3C3C(CCCCO)C(CCCCO)C=C(C(=NOC(C)(C)C)CC1N(C)C(=O)OCC(C)(C)C)C32. The highest BCUT2D eigenvalue weighted by Crippen LogP contribution is 2.62. The number of ether oxygens (including phenoxy) is 4. The van der Waals surface area contributed by atoms with Crippen LogP contribution < -0.4 is 9.47 Å². The van der Waals surface area contributed by atoms with E-state index >= 15 is 0 Å². The number of hydrogen-bond donors (Lipinski definition) is 2. The molecule has 1 aromatic heterocycles. The molecule has 0 radical (unpaired) electrons. The van der Waals surface area contributed by atoms with Crippen LogP contribution in [0.15, 0.2) is 65.9 Å². The summed E-state index contributed by atoms with van der Waals surface area (Å²) in [4.78, 5) is 26.4. The Kier molecular flexibility index (Phi) is 14.3. The third kappa shape index (κ3) is 10.3. The minimum atomic E-state index is -1.35. The van der Waals surface area contributed by atoms with Crippen LogP contribution in [0.2, 0.25) is 0 Å². The maximum atomic E-state index is 14.0. The molecule has 6 atom stereocenters. The number of benzene rings is 1. The van der Waals surface area contributed by atoms with Crippen molar-refractivity contribution >= 4 is 11.8 Å². The molecule has 1 fully saturated rings. The van der Waals surface area contributed by atoms with Crippen molar-refractivity contribution < 1.29 is 38.8 Å². The molecule has 3 aliphatic rings. The second kappa shape index (κ2) is 18.6. The minimum absolute atomic E-state index is 0.0960. The second-order valence-electron chi connectivity index (χ2n) is 17.8. The normalized spacial score (nSPS) is 25.0. The van der Waals surface area contributed by atoms with Crippen molar-refractivity contribution in [1.82, 2.24) is 9.88 Å². The summed E-state index contributed by atoms with van der Waals surface area (Å²) >= 11 is 0. The van der Waals surface area contributed by atoms with Crippen LogP contribution in [0.1, 0.15) is 109 Å². The molecule has 2 aromatic rings. The Labute approximate surface area is 334 Å². The number of rotatable bonds is 17. The van der Waals surface area contributed by atoms with E-state index in [0.717, 1.165) is 53.9 Å². The van der Waals surface area contributed by atoms with Crippen LogP contribution in [0.5, 0.6) is 11.5 Å². The number of nitrogens with zero attached hydrogens (tertiary/aromatic N) is 3. The number of aliphatic hydroxyl groups is 2. The summed E-state index contributed by atoms with van der Waals surface area (Å²) in [5.74, 6) is -0.374. The third-order valence-corrected chi connectivity index (χ3v) is 10.8. The van der Waals surface area contributed by atoms with E-state index in [-0.39, 0.29) is 49.6 Å². The summed E-state index contributed by atoms with van der Waals surface area (Å²) in [5.41, 5.74) is 3.66. The van der Waals surface area contributed by atoms with Crippen molar-refractivity contribution in [3.05, 3.63) is 77.7 Å². The first kappa shape index (κ1) is 43.2. The lowest BCUT2D eigenvalue weighted by molar-refractivity contribution is -0.254. The molecule has 11 nitrogen and oxygen atoms in total. The summed E-state index contributed by atoms with van der Waals surface area (Å²) in [7, 11) is 1.75. The van der Waals surface area contributed by atoms with Gasteiger partial charge in [0.05, 0.1) is 30.5 Å². The van der Waals surface area contributed by atoms with E-state index in [1.165, 1.54) is 0 Å². The molecular weight excluding hydrogens is 711 g/mol. The van der Waals surface area contributed by atoms with Crippen molar-refractivity contribution in [3.63, 3.8) is 0 Å². The summed E-state index contributed by atoms with van der Waals surface area (Å²) in [5, 5.41) is 24.6. The number of unbranched alkanes of at least 4 members (excludes halogenated alkanes) is 2. The molecular formula is C45H65N3O8. The molecule has 0 bridgehead atoms. The van der Waals surface area contributed by atoms with Gasteiger partial charge in [-0.1, -0.05) is 57.0 Å². The molecule has 56 heavy (non-hydrogen) atoms. The fourth-order valence-electron chi connectivity index (χ4n) is 8.35. The highest BCUT2D eigenvalue weighted by molar-refractivity contribution is 6.03. The zero-order valence-corrected chi connectivity index (χ0v) is 34.9. The lowest BCUT2D eigenvalue weighted by atomic mass is 9.55. The number of carbonyl (C=O) groups excluding carboxylic acids is 1. The Hall–Kier alpha value is -3.93. The molecule has 1 amide bonds. The van der Waals surface area contributed by atoms with E-state index in [4.69, 9.17) is 28.9 Å². The van der Waals surface area contributed by atoms with E-state index in [1.54, 1.807) is 18.0 Å². The standard InChI is InChI=1S/C45H65N3O8/c1-10-24-54-45-39(48(9)42(51)53-29-43(3,4)5)27-37(47-56-44(6,7)8)35-25-31(17-11-13-22-49)34(19-12-14-23-50)40(41(35)45)36-26-33(20-21-38(36)55-45)52-28-32-18-15-16-30(2)46-32/h10,15-16,18,20-21,25-26,31,34,39-41,49-50H,1,11-14,17,19,22-24,27-29H2,2-9H3. The molecule has 5 rings (SSSR count). The number of carbonyl (C=O) groups is 1. The van der Waals surface area contributed by atoms with Crippen molar-refractivity contribution in [3.8, 4) is 11.5 Å². The first-order valence-corrected chi connectivity index (χ1v) is 20.3. The number of aliphatic hydroxyl groups excluding tert-OH is 2. The summed E-state index contributed by atoms with van der Waals surface area (Å²) in [6.07, 6.45) is 8.62. The number of aromatic nitrogens is 1. The number of fused-ring (bicyclic) bond motifs is 2. The molecule has 0 spiro atoms. The average molecular weight is 776 g/mol. The van der Waals surface area contributed by atoms with Gasteiger partial charge >= 0.3 is 6.09 Å². The van der Waals surface area contributed by atoms with E-state index in [1.807, 2.05) is 78.8 Å². The van der Waals surface area contributed by atoms with Gasteiger partial charge in [0, 0.05) is 43.9 Å². The van der Waals surface area contributed by atoms with Gasteiger partial charge in [-0.05, 0) is 107 Å². The quantitative estimate of drug-likeness (QED) is 0.0922. The van der Waals surface area contributed by atoms with E-state index in [9.17, 15) is 15.0 Å². The van der Waals surface area contributed by atoms with Gasteiger partial charge < -0.3 is 38.9 Å². The topological polar surface area (TPSA) is 132 Å². The van der Waals surface area contributed by atoms with E-state index < -0.39 is 29.4 Å². The highest BCUT2D eigenvalue weighted by atomic mass is 16.7. The van der Waals surface area contributed by atoms with E-state index in [2.05, 4.69) is 23.7 Å². The van der Waals surface area contributed by atoms with Crippen molar-refractivity contribution in [1.29, 1.82) is 0 Å². The molecule has 6 unspecified atom stereocenters. The second-order valence-corrected chi connectivity index (χ2v) is 17.8. The number of aryl methyl sites for hydroxylation is 1. The Bertz CT molecular complexity index is 1710. The maximum Gasteiger partial charge on any atom is 0.410 e. The number of hydrogen-bond acceptors (Lipinski definition) is 10. The predicted octanol–water partition coefficient (Wildman–Crippen LogP) is 8.52. The fraction of sp³-hybridized carbons (Fsp3) is 0.622. The van der Waals surface area contributed by atoms with Gasteiger partial charge in [-0.3, -0.25) is 4.98 Å². The monoisotopic (exact) mass is 775 g/mol. The number of pyridine rings is 1. The molecule has 11 heteroatoms. The van der Waals surface area contributed by atoms with Gasteiger partial charge in [0.2, 0.25) is 5.79 Å². The lowest BCUT2D eigenvalue weighted by Crippen LogP contribution is -2.69. The summed E-state index contributed by atoms with van der Waals surface area (Å²) < 4.78 is 26.5. The predicted molar refractivity (Wildman–Crippen MR) is 218 cm³/mol. The Morgan fingerprint density at radius 1 is 1.07 bits per heavy atom. The van der Waals surface area contributed by atoms with Crippen molar-refractivity contribution in [2.75, 3.05) is 33.5 Å². The van der Waals surface area contributed by atoms with Crippen LogP contribution >= 0.6 is 0 Å². The van der Waals surface area contributed by atoms with Crippen LogP contribution in [0.25, 0.3) is 0 Å². The molecule has 0 saturated heterocycles. The van der Waals surface area contributed by atoms with Crippen LogP contribution in [0.4, 0.5) is 4.79 Å². The van der Waals surface area contributed by atoms with E-state index in [0.29, 0.717) is 37.4 Å². The zero-order chi connectivity index (χ0) is 40.7. The molecule has 2 N–H and O–H groups in total. The molecule has 1 aliphatic heterocycles. The largest absolute Gasteiger partial charge is 0.487 e. The average Bonchev–Trinajstić information content (AvgIpc) is 3.15. The lowest BCUT2D eigenvalue weighted by Gasteiger charge is -2.59. The van der Waals surface area contributed by atoms with Gasteiger partial charge in [0.1, 0.15) is 29.7 Å². The van der Waals surface area contributed by atoms with Gasteiger partial charge in [-0.2, -0.15) is 0 Å². The van der Waals surface area contributed by atoms with Gasteiger partial charge in [-0.25, -0.2) is 4.79 Å². The first-order chi connectivity index (χ1) is 26.6. The third-order valence-electron chi connectivity index (χ3n) is 10.8. The van der Waals surface area contributed by atoms with Gasteiger partial charge in [0.15, 0.2) is 0 Å². The summed E-state index contributed by atoms with van der Waals surface area (Å²) in [6.45, 7) is 18.9. The number of oxime groups is 1. The molecule has 1 saturated carbocycles. The zero-order valence-electron chi connectivity index (χ0n) is 34.9. The Balaban J connectivity index is 1.72. The van der Waals surface area contributed by atoms with Crippen LogP contribution in [0.3, 0.4) is 0 Å². The van der Waals surface area contributed by atoms with Crippen LogP contribution in [-0.2, 0) is 20.9 Å². The molecule has 2 heterocycles. The Morgan fingerprint density at radius 2 is 1.80 bits per heavy atom. The van der Waals surface area contributed by atoms with Gasteiger partial charge in [0.25, 0.3) is 0 Å². The molecule has 1 aromatic carbocycles. The minimum Gasteiger partial charge on any atom is -0.487 e. The number of likely N-dealkylation sites (N-methyl/N-ethyl adjacent to an activating group) is 1. The first-order valence-electron chi connectivity index (χ1n) is 20.3. The van der Waals surface area contributed by atoms with Crippen LogP contribution in [-0.4, -0.2) is 82.8 Å². The molecule has 308 valence electrons. The Morgan fingerprint density at radius 3 is 2.46 bits per heavy atom. The smallest absolute Gasteiger partial charge is 0.410 e. The van der Waals surface area contributed by atoms with Crippen LogP contribution in [0, 0.1) is 30.1 Å².